The van der Waals surface area contributed by atoms with Crippen molar-refractivity contribution < 1.29 is 13.2 Å². The quantitative estimate of drug-likeness (QED) is 0.853. The maximum Gasteiger partial charge on any atom is 0.443 e. The van der Waals surface area contributed by atoms with Crippen LogP contribution in [-0.2, 0) is 6.18 Å². The van der Waals surface area contributed by atoms with Gasteiger partial charge in [0.15, 0.2) is 5.01 Å². The van der Waals surface area contributed by atoms with E-state index in [4.69, 9.17) is 5.73 Å². The van der Waals surface area contributed by atoms with E-state index in [-0.39, 0.29) is 0 Å². The predicted octanol–water partition coefficient (Wildman–Crippen LogP) is 2.52. The molecule has 0 saturated carbocycles. The van der Waals surface area contributed by atoms with Gasteiger partial charge in [-0.15, -0.1) is 11.3 Å². The molecule has 0 atom stereocenters. The number of aromatic nitrogens is 1. The summed E-state index contributed by atoms with van der Waals surface area (Å²) in [6, 6.07) is 0. The molecule has 1 aromatic rings. The van der Waals surface area contributed by atoms with Gasteiger partial charge in [-0.2, -0.15) is 13.2 Å². The van der Waals surface area contributed by atoms with Crippen molar-refractivity contribution in [3.05, 3.63) is 22.2 Å². The first kappa shape index (κ1) is 11.2. The molecule has 0 bridgehead atoms. The third-order valence-electron chi connectivity index (χ3n) is 1.38. The number of nitrogens with zero attached hydrogens (tertiary/aromatic N) is 1. The number of halogens is 3. The molecule has 2 nitrogen and oxygen atoms in total. The van der Waals surface area contributed by atoms with E-state index in [1.54, 1.807) is 12.2 Å². The highest BCUT2D eigenvalue weighted by Crippen LogP contribution is 2.32. The van der Waals surface area contributed by atoms with Gasteiger partial charge < -0.3 is 5.73 Å². The average Bonchev–Trinajstić information content (AvgIpc) is 2.52. The molecule has 0 spiro atoms. The summed E-state index contributed by atoms with van der Waals surface area (Å²) < 4.78 is 36.3. The second-order valence-electron chi connectivity index (χ2n) is 2.55. The lowest BCUT2D eigenvalue weighted by Crippen LogP contribution is -2.02. The Morgan fingerprint density at radius 1 is 1.50 bits per heavy atom. The topological polar surface area (TPSA) is 38.9 Å². The Hall–Kier alpha value is -0.880. The van der Waals surface area contributed by atoms with Crippen molar-refractivity contribution in [3.8, 4) is 0 Å². The van der Waals surface area contributed by atoms with Gasteiger partial charge in [-0.3, -0.25) is 0 Å². The van der Waals surface area contributed by atoms with Crippen molar-refractivity contribution >= 4 is 17.4 Å². The molecular weight excluding hydrogens is 213 g/mol. The zero-order chi connectivity index (χ0) is 10.6. The first-order valence-electron chi connectivity index (χ1n) is 3.93. The van der Waals surface area contributed by atoms with E-state index in [1.165, 1.54) is 6.20 Å². The summed E-state index contributed by atoms with van der Waals surface area (Å²) in [6.07, 6.45) is 0.845. The monoisotopic (exact) mass is 222 g/mol. The summed E-state index contributed by atoms with van der Waals surface area (Å²) in [5.41, 5.74) is 5.22. The number of hydrogen-bond acceptors (Lipinski definition) is 3. The van der Waals surface area contributed by atoms with Gasteiger partial charge in [0.05, 0.1) is 0 Å². The summed E-state index contributed by atoms with van der Waals surface area (Å²) in [4.78, 5) is 3.77. The van der Waals surface area contributed by atoms with Crippen molar-refractivity contribution in [2.75, 3.05) is 6.54 Å². The molecule has 0 fully saturated rings. The van der Waals surface area contributed by atoms with Crippen LogP contribution in [0.2, 0.25) is 0 Å². The largest absolute Gasteiger partial charge is 0.443 e. The molecule has 0 amide bonds. The number of thiazole rings is 1. The average molecular weight is 222 g/mol. The molecular formula is C8H9F3N2S. The smallest absolute Gasteiger partial charge is 0.330 e. The summed E-state index contributed by atoms with van der Waals surface area (Å²) in [5, 5.41) is -0.815. The van der Waals surface area contributed by atoms with Crippen molar-refractivity contribution in [3.63, 3.8) is 0 Å². The Labute approximate surface area is 83.3 Å². The Balaban J connectivity index is 2.69. The molecule has 2 N–H and O–H groups in total. The van der Waals surface area contributed by atoms with Gasteiger partial charge in [-0.05, 0) is 19.0 Å². The van der Waals surface area contributed by atoms with Crippen LogP contribution in [0.3, 0.4) is 0 Å². The van der Waals surface area contributed by atoms with E-state index in [0.717, 1.165) is 0 Å². The number of alkyl halides is 3. The van der Waals surface area contributed by atoms with E-state index in [9.17, 15) is 13.2 Å². The summed E-state index contributed by atoms with van der Waals surface area (Å²) in [6.45, 7) is 0.488. The SMILES string of the molecule is NCC/C=C/c1cnc(C(F)(F)F)s1. The fourth-order valence-corrected chi connectivity index (χ4v) is 1.50. The molecule has 1 aromatic heterocycles. The normalized spacial score (nSPS) is 12.6. The van der Waals surface area contributed by atoms with Gasteiger partial charge in [0.2, 0.25) is 0 Å². The molecule has 6 heteroatoms. The minimum Gasteiger partial charge on any atom is -0.330 e. The van der Waals surface area contributed by atoms with Crippen LogP contribution in [0.25, 0.3) is 6.08 Å². The van der Waals surface area contributed by atoms with Crippen LogP contribution in [0.15, 0.2) is 12.3 Å². The molecule has 0 radical (unpaired) electrons. The van der Waals surface area contributed by atoms with Crippen LogP contribution >= 0.6 is 11.3 Å². The summed E-state index contributed by atoms with van der Waals surface area (Å²) in [5.74, 6) is 0. The molecule has 78 valence electrons. The van der Waals surface area contributed by atoms with Crippen LogP contribution < -0.4 is 5.73 Å². The lowest BCUT2D eigenvalue weighted by molar-refractivity contribution is -0.137. The summed E-state index contributed by atoms with van der Waals surface area (Å²) in [7, 11) is 0. The molecule has 0 aliphatic heterocycles. The Morgan fingerprint density at radius 3 is 2.71 bits per heavy atom. The molecule has 0 saturated heterocycles. The fourth-order valence-electron chi connectivity index (χ4n) is 0.790. The zero-order valence-corrected chi connectivity index (χ0v) is 8.03. The second-order valence-corrected chi connectivity index (χ2v) is 3.61. The van der Waals surface area contributed by atoms with Crippen molar-refractivity contribution in [1.29, 1.82) is 0 Å². The standard InChI is InChI=1S/C8H9F3N2S/c9-8(10,11)7-13-5-6(14-7)3-1-2-4-12/h1,3,5H,2,4,12H2/b3-1+. The summed E-state index contributed by atoms with van der Waals surface area (Å²) >= 11 is 0.627. The Bertz CT molecular complexity index is 317. The highest BCUT2D eigenvalue weighted by atomic mass is 32.1. The van der Waals surface area contributed by atoms with E-state index in [1.807, 2.05) is 0 Å². The van der Waals surface area contributed by atoms with Gasteiger partial charge in [-0.1, -0.05) is 6.08 Å². The molecule has 0 aliphatic carbocycles. The third-order valence-corrected chi connectivity index (χ3v) is 2.39. The molecule has 0 aliphatic rings. The van der Waals surface area contributed by atoms with Gasteiger partial charge in [-0.25, -0.2) is 4.98 Å². The first-order valence-corrected chi connectivity index (χ1v) is 4.75. The van der Waals surface area contributed by atoms with Gasteiger partial charge in [0.1, 0.15) is 0 Å². The van der Waals surface area contributed by atoms with E-state index < -0.39 is 11.2 Å². The van der Waals surface area contributed by atoms with E-state index in [2.05, 4.69) is 4.98 Å². The lowest BCUT2D eigenvalue weighted by atomic mass is 10.3. The number of nitrogens with two attached hydrogens (primary N) is 1. The van der Waals surface area contributed by atoms with Crippen molar-refractivity contribution in [1.82, 2.24) is 4.98 Å². The van der Waals surface area contributed by atoms with Gasteiger partial charge in [0.25, 0.3) is 0 Å². The van der Waals surface area contributed by atoms with Crippen LogP contribution in [0, 0.1) is 0 Å². The van der Waals surface area contributed by atoms with Crippen LogP contribution in [0.1, 0.15) is 16.3 Å². The molecule has 14 heavy (non-hydrogen) atoms. The first-order chi connectivity index (χ1) is 6.54. The highest BCUT2D eigenvalue weighted by molar-refractivity contribution is 7.12. The zero-order valence-electron chi connectivity index (χ0n) is 7.21. The van der Waals surface area contributed by atoms with E-state index >= 15 is 0 Å². The fraction of sp³-hybridized carbons (Fsp3) is 0.375. The molecule has 1 rings (SSSR count). The molecule has 0 aromatic carbocycles. The van der Waals surface area contributed by atoms with Gasteiger partial charge >= 0.3 is 6.18 Å². The van der Waals surface area contributed by atoms with Crippen LogP contribution in [0.4, 0.5) is 13.2 Å². The van der Waals surface area contributed by atoms with Gasteiger partial charge in [0, 0.05) is 11.1 Å². The lowest BCUT2D eigenvalue weighted by Gasteiger charge is -1.98. The van der Waals surface area contributed by atoms with E-state index in [0.29, 0.717) is 29.2 Å². The Morgan fingerprint density at radius 2 is 2.21 bits per heavy atom. The predicted molar refractivity (Wildman–Crippen MR) is 49.8 cm³/mol. The maximum atomic E-state index is 12.1. The van der Waals surface area contributed by atoms with Crippen molar-refractivity contribution in [2.45, 2.75) is 12.6 Å². The minimum atomic E-state index is -4.34. The Kier molecular flexibility index (Phi) is 3.65. The third kappa shape index (κ3) is 3.12. The highest BCUT2D eigenvalue weighted by Gasteiger charge is 2.34. The molecule has 0 unspecified atom stereocenters. The molecule has 1 heterocycles. The number of rotatable bonds is 3. The minimum absolute atomic E-state index is 0.488. The van der Waals surface area contributed by atoms with Crippen LogP contribution in [0.5, 0.6) is 0 Å². The number of hydrogen-bond donors (Lipinski definition) is 1. The second kappa shape index (κ2) is 4.56. The van der Waals surface area contributed by atoms with Crippen molar-refractivity contribution in [2.24, 2.45) is 5.73 Å². The van der Waals surface area contributed by atoms with Crippen LogP contribution in [-0.4, -0.2) is 11.5 Å². The maximum absolute atomic E-state index is 12.1.